The fourth-order valence-electron chi connectivity index (χ4n) is 1.65. The number of nitrogens with one attached hydrogen (secondary N) is 1. The highest BCUT2D eigenvalue weighted by molar-refractivity contribution is 5.92. The topological polar surface area (TPSA) is 113 Å². The predicted molar refractivity (Wildman–Crippen MR) is 76.1 cm³/mol. The summed E-state index contributed by atoms with van der Waals surface area (Å²) in [4.78, 5) is 34.1. The van der Waals surface area contributed by atoms with Crippen LogP contribution in [0.4, 0.5) is 11.4 Å². The Labute approximate surface area is 121 Å². The van der Waals surface area contributed by atoms with E-state index in [0.717, 1.165) is 0 Å². The molecule has 0 aliphatic heterocycles. The zero-order valence-corrected chi connectivity index (χ0v) is 11.8. The number of non-ortho nitro benzene ring substituents is 1. The van der Waals surface area contributed by atoms with Crippen molar-refractivity contribution in [1.82, 2.24) is 4.90 Å². The number of nitrogens with zero attached hydrogens (tertiary/aromatic N) is 2. The van der Waals surface area contributed by atoms with Crippen molar-refractivity contribution >= 4 is 23.3 Å². The molecular formula is C13H17N3O5. The van der Waals surface area contributed by atoms with Gasteiger partial charge < -0.3 is 10.4 Å². The van der Waals surface area contributed by atoms with E-state index in [1.807, 2.05) is 0 Å². The summed E-state index contributed by atoms with van der Waals surface area (Å²) in [6.07, 6.45) is 0. The summed E-state index contributed by atoms with van der Waals surface area (Å²) in [5, 5.41) is 21.9. The lowest BCUT2D eigenvalue weighted by molar-refractivity contribution is -0.384. The molecule has 2 N–H and O–H groups in total. The number of nitro benzene ring substituents is 1. The quantitative estimate of drug-likeness (QED) is 0.579. The van der Waals surface area contributed by atoms with Gasteiger partial charge in [0.25, 0.3) is 5.69 Å². The number of rotatable bonds is 7. The fourth-order valence-corrected chi connectivity index (χ4v) is 1.65. The Kier molecular flexibility index (Phi) is 5.79. The van der Waals surface area contributed by atoms with Crippen molar-refractivity contribution in [2.24, 2.45) is 0 Å². The lowest BCUT2D eigenvalue weighted by Gasteiger charge is -2.23. The van der Waals surface area contributed by atoms with Gasteiger partial charge in [-0.2, -0.15) is 0 Å². The average Bonchev–Trinajstić information content (AvgIpc) is 2.37. The van der Waals surface area contributed by atoms with Crippen LogP contribution in [0.15, 0.2) is 24.3 Å². The van der Waals surface area contributed by atoms with Crippen LogP contribution in [0.3, 0.4) is 0 Å². The fraction of sp³-hybridized carbons (Fsp3) is 0.385. The van der Waals surface area contributed by atoms with Gasteiger partial charge in [-0.1, -0.05) is 0 Å². The largest absolute Gasteiger partial charge is 0.480 e. The van der Waals surface area contributed by atoms with Crippen molar-refractivity contribution < 1.29 is 19.6 Å². The van der Waals surface area contributed by atoms with Crippen molar-refractivity contribution in [3.05, 3.63) is 34.4 Å². The highest BCUT2D eigenvalue weighted by atomic mass is 16.6. The van der Waals surface area contributed by atoms with Crippen LogP contribution in [0.2, 0.25) is 0 Å². The van der Waals surface area contributed by atoms with E-state index < -0.39 is 10.9 Å². The third kappa shape index (κ3) is 5.57. The standard InChI is InChI=1S/C13H17N3O5/c1-9(2)15(8-13(18)19)7-12(17)14-10-3-5-11(6-4-10)16(20)21/h3-6,9H,7-8H2,1-2H3,(H,14,17)(H,18,19). The molecule has 0 fully saturated rings. The zero-order valence-electron chi connectivity index (χ0n) is 11.8. The van der Waals surface area contributed by atoms with Crippen molar-refractivity contribution in [3.63, 3.8) is 0 Å². The van der Waals surface area contributed by atoms with Gasteiger partial charge in [-0.25, -0.2) is 0 Å². The molecule has 0 aliphatic rings. The van der Waals surface area contributed by atoms with Gasteiger partial charge in [-0.3, -0.25) is 24.6 Å². The number of amides is 1. The third-order valence-electron chi connectivity index (χ3n) is 2.78. The Morgan fingerprint density at radius 2 is 1.86 bits per heavy atom. The molecular weight excluding hydrogens is 278 g/mol. The first-order chi connectivity index (χ1) is 9.79. The highest BCUT2D eigenvalue weighted by Gasteiger charge is 2.17. The number of nitro groups is 1. The summed E-state index contributed by atoms with van der Waals surface area (Å²) in [5.74, 6) is -1.38. The first-order valence-electron chi connectivity index (χ1n) is 6.29. The number of carbonyl (C=O) groups is 2. The first-order valence-corrected chi connectivity index (χ1v) is 6.29. The van der Waals surface area contributed by atoms with E-state index in [9.17, 15) is 19.7 Å². The number of carbonyl (C=O) groups excluding carboxylic acids is 1. The molecule has 0 aromatic heterocycles. The molecule has 8 nitrogen and oxygen atoms in total. The Hall–Kier alpha value is -2.48. The molecule has 0 unspecified atom stereocenters. The molecule has 1 amide bonds. The van der Waals surface area contributed by atoms with Crippen LogP contribution in [0, 0.1) is 10.1 Å². The molecule has 0 aliphatic carbocycles. The minimum Gasteiger partial charge on any atom is -0.480 e. The summed E-state index contributed by atoms with van der Waals surface area (Å²) < 4.78 is 0. The third-order valence-corrected chi connectivity index (χ3v) is 2.78. The zero-order chi connectivity index (χ0) is 16.0. The molecule has 1 aromatic rings. The van der Waals surface area contributed by atoms with Crippen LogP contribution in [-0.2, 0) is 9.59 Å². The molecule has 0 radical (unpaired) electrons. The number of benzene rings is 1. The summed E-state index contributed by atoms with van der Waals surface area (Å²) in [7, 11) is 0. The van der Waals surface area contributed by atoms with Gasteiger partial charge in [0, 0.05) is 23.9 Å². The second kappa shape index (κ2) is 7.34. The summed E-state index contributed by atoms with van der Waals surface area (Å²) in [6.45, 7) is 3.29. The van der Waals surface area contributed by atoms with Gasteiger partial charge in [0.2, 0.25) is 5.91 Å². The Balaban J connectivity index is 2.63. The van der Waals surface area contributed by atoms with Gasteiger partial charge in [-0.15, -0.1) is 0 Å². The molecule has 114 valence electrons. The monoisotopic (exact) mass is 295 g/mol. The number of hydrogen-bond donors (Lipinski definition) is 2. The van der Waals surface area contributed by atoms with Crippen molar-refractivity contribution in [1.29, 1.82) is 0 Å². The lowest BCUT2D eigenvalue weighted by atomic mass is 10.2. The molecule has 0 saturated heterocycles. The first kappa shape index (κ1) is 16.6. The maximum absolute atomic E-state index is 11.8. The summed E-state index contributed by atoms with van der Waals surface area (Å²) in [5.41, 5.74) is 0.354. The number of anilines is 1. The summed E-state index contributed by atoms with van der Waals surface area (Å²) >= 11 is 0. The molecule has 0 atom stereocenters. The average molecular weight is 295 g/mol. The van der Waals surface area contributed by atoms with E-state index in [2.05, 4.69) is 5.32 Å². The van der Waals surface area contributed by atoms with Crippen molar-refractivity contribution in [2.45, 2.75) is 19.9 Å². The van der Waals surface area contributed by atoms with Crippen LogP contribution < -0.4 is 5.32 Å². The number of aliphatic carboxylic acids is 1. The van der Waals surface area contributed by atoms with Crippen LogP contribution in [0.5, 0.6) is 0 Å². The molecule has 0 heterocycles. The molecule has 1 rings (SSSR count). The van der Waals surface area contributed by atoms with Crippen LogP contribution >= 0.6 is 0 Å². The number of carboxylic acids is 1. The Morgan fingerprint density at radius 3 is 2.29 bits per heavy atom. The predicted octanol–water partition coefficient (Wildman–Crippen LogP) is 1.33. The SMILES string of the molecule is CC(C)N(CC(=O)O)CC(=O)Nc1ccc([N+](=O)[O-])cc1. The molecule has 0 bridgehead atoms. The van der Waals surface area contributed by atoms with Crippen LogP contribution in [0.25, 0.3) is 0 Å². The van der Waals surface area contributed by atoms with Crippen molar-refractivity contribution in [3.8, 4) is 0 Å². The molecule has 0 spiro atoms. The Bertz CT molecular complexity index is 527. The molecule has 21 heavy (non-hydrogen) atoms. The minimum absolute atomic E-state index is 0.0670. The van der Waals surface area contributed by atoms with E-state index in [-0.39, 0.29) is 30.7 Å². The number of carboxylic acid groups (broad SMARTS) is 1. The van der Waals surface area contributed by atoms with E-state index in [4.69, 9.17) is 5.11 Å². The Morgan fingerprint density at radius 1 is 1.29 bits per heavy atom. The molecule has 1 aromatic carbocycles. The van der Waals surface area contributed by atoms with Gasteiger partial charge in [0.1, 0.15) is 0 Å². The molecule has 8 heteroatoms. The van der Waals surface area contributed by atoms with Crippen LogP contribution in [0.1, 0.15) is 13.8 Å². The van der Waals surface area contributed by atoms with Gasteiger partial charge in [-0.05, 0) is 26.0 Å². The van der Waals surface area contributed by atoms with E-state index in [1.165, 1.54) is 29.2 Å². The normalized spacial score (nSPS) is 10.7. The number of hydrogen-bond acceptors (Lipinski definition) is 5. The summed E-state index contributed by atoms with van der Waals surface area (Å²) in [6, 6.07) is 5.32. The van der Waals surface area contributed by atoms with E-state index >= 15 is 0 Å². The highest BCUT2D eigenvalue weighted by Crippen LogP contribution is 2.15. The van der Waals surface area contributed by atoms with Gasteiger partial charge >= 0.3 is 5.97 Å². The van der Waals surface area contributed by atoms with Crippen LogP contribution in [-0.4, -0.2) is 45.9 Å². The van der Waals surface area contributed by atoms with Gasteiger partial charge in [0.05, 0.1) is 18.0 Å². The maximum Gasteiger partial charge on any atom is 0.317 e. The molecule has 0 saturated carbocycles. The van der Waals surface area contributed by atoms with E-state index in [0.29, 0.717) is 5.69 Å². The second-order valence-electron chi connectivity index (χ2n) is 4.74. The van der Waals surface area contributed by atoms with E-state index in [1.54, 1.807) is 13.8 Å². The maximum atomic E-state index is 11.8. The van der Waals surface area contributed by atoms with Crippen molar-refractivity contribution in [2.75, 3.05) is 18.4 Å². The second-order valence-corrected chi connectivity index (χ2v) is 4.74. The van der Waals surface area contributed by atoms with Gasteiger partial charge in [0.15, 0.2) is 0 Å². The minimum atomic E-state index is -1.01. The lowest BCUT2D eigenvalue weighted by Crippen LogP contribution is -2.41. The smallest absolute Gasteiger partial charge is 0.317 e.